The van der Waals surface area contributed by atoms with Crippen LogP contribution >= 0.6 is 24.2 Å². The maximum atomic E-state index is 4.72. The van der Waals surface area contributed by atoms with Gasteiger partial charge in [0, 0.05) is 24.7 Å². The van der Waals surface area contributed by atoms with Crippen LogP contribution in [0.2, 0.25) is 0 Å². The molecule has 0 amide bonds. The van der Waals surface area contributed by atoms with Crippen LogP contribution in [0, 0.1) is 34.6 Å². The molecule has 3 rings (SSSR count). The number of aliphatic imine (C=N–C) groups is 1. The Morgan fingerprint density at radius 2 is 1.70 bits per heavy atom. The number of thioether (sulfide) groups is 1. The SMILES string of the molecule is Cc1c(C)c(C)c(CSC2=NCN(Cc3cccnc3)CN2)c(C)c1C.Cl. The van der Waals surface area contributed by atoms with Gasteiger partial charge in [-0.1, -0.05) is 17.8 Å². The Labute approximate surface area is 173 Å². The van der Waals surface area contributed by atoms with Crippen molar-refractivity contribution >= 4 is 29.3 Å². The van der Waals surface area contributed by atoms with Crippen LogP contribution in [-0.2, 0) is 12.3 Å². The molecule has 146 valence electrons. The average molecular weight is 405 g/mol. The number of amidine groups is 1. The van der Waals surface area contributed by atoms with Gasteiger partial charge >= 0.3 is 0 Å². The third-order valence-corrected chi connectivity index (χ3v) is 6.49. The third-order valence-electron chi connectivity index (χ3n) is 5.51. The number of benzene rings is 1. The first-order valence-electron chi connectivity index (χ1n) is 9.05. The van der Waals surface area contributed by atoms with Crippen molar-refractivity contribution in [2.45, 2.75) is 46.9 Å². The lowest BCUT2D eigenvalue weighted by molar-refractivity contribution is 0.258. The predicted octanol–water partition coefficient (Wildman–Crippen LogP) is 4.66. The van der Waals surface area contributed by atoms with E-state index in [9.17, 15) is 0 Å². The lowest BCUT2D eigenvalue weighted by Gasteiger charge is -2.26. The molecule has 0 radical (unpaired) electrons. The van der Waals surface area contributed by atoms with Crippen LogP contribution in [0.4, 0.5) is 0 Å². The molecule has 0 atom stereocenters. The molecule has 1 aliphatic heterocycles. The third kappa shape index (κ3) is 5.03. The van der Waals surface area contributed by atoms with E-state index in [1.165, 1.54) is 38.9 Å². The number of nitrogens with one attached hydrogen (secondary N) is 1. The molecule has 0 fully saturated rings. The molecule has 27 heavy (non-hydrogen) atoms. The van der Waals surface area contributed by atoms with Gasteiger partial charge in [-0.2, -0.15) is 0 Å². The number of pyridine rings is 1. The zero-order valence-electron chi connectivity index (χ0n) is 16.8. The Balaban J connectivity index is 0.00000261. The lowest BCUT2D eigenvalue weighted by Crippen LogP contribution is -2.41. The van der Waals surface area contributed by atoms with Crippen LogP contribution in [0.5, 0.6) is 0 Å². The van der Waals surface area contributed by atoms with Gasteiger partial charge in [0.15, 0.2) is 5.17 Å². The molecule has 2 aromatic rings. The Bertz CT molecular complexity index is 792. The molecule has 1 aromatic heterocycles. The minimum atomic E-state index is 0. The molecule has 2 heterocycles. The van der Waals surface area contributed by atoms with E-state index in [2.05, 4.69) is 55.9 Å². The van der Waals surface area contributed by atoms with Gasteiger partial charge in [0.05, 0.1) is 13.3 Å². The van der Waals surface area contributed by atoms with E-state index in [0.717, 1.165) is 30.8 Å². The van der Waals surface area contributed by atoms with E-state index in [-0.39, 0.29) is 12.4 Å². The highest BCUT2D eigenvalue weighted by Gasteiger charge is 2.16. The summed E-state index contributed by atoms with van der Waals surface area (Å²) in [6.07, 6.45) is 3.73. The second-order valence-electron chi connectivity index (χ2n) is 7.02. The maximum absolute atomic E-state index is 4.72. The second-order valence-corrected chi connectivity index (χ2v) is 7.99. The normalized spacial score (nSPS) is 14.3. The van der Waals surface area contributed by atoms with Gasteiger partial charge in [0.25, 0.3) is 0 Å². The van der Waals surface area contributed by atoms with Crippen molar-refractivity contribution in [3.8, 4) is 0 Å². The molecule has 1 N–H and O–H groups in total. The van der Waals surface area contributed by atoms with Gasteiger partial charge in [-0.15, -0.1) is 12.4 Å². The highest BCUT2D eigenvalue weighted by Crippen LogP contribution is 2.29. The van der Waals surface area contributed by atoms with E-state index in [1.54, 1.807) is 0 Å². The van der Waals surface area contributed by atoms with Gasteiger partial charge in [-0.05, 0) is 79.6 Å². The summed E-state index contributed by atoms with van der Waals surface area (Å²) in [4.78, 5) is 11.2. The predicted molar refractivity (Wildman–Crippen MR) is 119 cm³/mol. The topological polar surface area (TPSA) is 40.5 Å². The first-order valence-corrected chi connectivity index (χ1v) is 10.0. The monoisotopic (exact) mass is 404 g/mol. The van der Waals surface area contributed by atoms with E-state index < -0.39 is 0 Å². The molecule has 1 aromatic carbocycles. The fourth-order valence-corrected chi connectivity index (χ4v) is 4.37. The van der Waals surface area contributed by atoms with Crippen molar-refractivity contribution in [3.63, 3.8) is 0 Å². The first-order chi connectivity index (χ1) is 12.5. The Morgan fingerprint density at radius 1 is 1.04 bits per heavy atom. The number of aromatic nitrogens is 1. The molecule has 0 bridgehead atoms. The zero-order chi connectivity index (χ0) is 18.7. The van der Waals surface area contributed by atoms with Crippen LogP contribution in [-0.4, -0.2) is 28.4 Å². The highest BCUT2D eigenvalue weighted by molar-refractivity contribution is 8.13. The van der Waals surface area contributed by atoms with Crippen LogP contribution in [0.3, 0.4) is 0 Å². The maximum Gasteiger partial charge on any atom is 0.159 e. The average Bonchev–Trinajstić information content (AvgIpc) is 2.67. The molecular weight excluding hydrogens is 376 g/mol. The Hall–Kier alpha value is -1.56. The van der Waals surface area contributed by atoms with Crippen LogP contribution < -0.4 is 5.32 Å². The molecule has 0 aliphatic carbocycles. The Morgan fingerprint density at radius 3 is 2.26 bits per heavy atom. The summed E-state index contributed by atoms with van der Waals surface area (Å²) in [5.74, 6) is 0.966. The minimum absolute atomic E-state index is 0. The summed E-state index contributed by atoms with van der Waals surface area (Å²) in [7, 11) is 0. The van der Waals surface area contributed by atoms with Crippen molar-refractivity contribution < 1.29 is 0 Å². The number of nitrogens with zero attached hydrogens (tertiary/aromatic N) is 3. The van der Waals surface area contributed by atoms with Crippen molar-refractivity contribution in [2.75, 3.05) is 13.3 Å². The van der Waals surface area contributed by atoms with Gasteiger partial charge in [0.2, 0.25) is 0 Å². The minimum Gasteiger partial charge on any atom is -0.352 e. The van der Waals surface area contributed by atoms with E-state index in [0.29, 0.717) is 0 Å². The quantitative estimate of drug-likeness (QED) is 0.804. The molecule has 0 spiro atoms. The fourth-order valence-electron chi connectivity index (χ4n) is 3.34. The number of hydrogen-bond donors (Lipinski definition) is 1. The molecule has 1 aliphatic rings. The summed E-state index contributed by atoms with van der Waals surface area (Å²) in [5.41, 5.74) is 9.79. The van der Waals surface area contributed by atoms with Gasteiger partial charge < -0.3 is 5.32 Å². The molecule has 0 unspecified atom stereocenters. The van der Waals surface area contributed by atoms with E-state index in [4.69, 9.17) is 4.99 Å². The summed E-state index contributed by atoms with van der Waals surface area (Å²) in [6.45, 7) is 13.6. The second kappa shape index (κ2) is 9.58. The summed E-state index contributed by atoms with van der Waals surface area (Å²) >= 11 is 1.81. The lowest BCUT2D eigenvalue weighted by atomic mass is 9.90. The summed E-state index contributed by atoms with van der Waals surface area (Å²) < 4.78 is 0. The van der Waals surface area contributed by atoms with Crippen LogP contribution in [0.1, 0.15) is 38.9 Å². The van der Waals surface area contributed by atoms with E-state index in [1.807, 2.05) is 30.2 Å². The molecule has 0 saturated carbocycles. The highest BCUT2D eigenvalue weighted by atomic mass is 35.5. The molecule has 4 nitrogen and oxygen atoms in total. The van der Waals surface area contributed by atoms with Crippen molar-refractivity contribution in [1.82, 2.24) is 15.2 Å². The molecule has 6 heteroatoms. The summed E-state index contributed by atoms with van der Waals surface area (Å²) in [6, 6.07) is 4.09. The van der Waals surface area contributed by atoms with Crippen LogP contribution in [0.25, 0.3) is 0 Å². The molecule has 0 saturated heterocycles. The van der Waals surface area contributed by atoms with Gasteiger partial charge in [-0.3, -0.25) is 9.88 Å². The van der Waals surface area contributed by atoms with Crippen molar-refractivity contribution in [3.05, 3.63) is 63.5 Å². The number of hydrogen-bond acceptors (Lipinski definition) is 5. The fraction of sp³-hybridized carbons (Fsp3) is 0.429. The van der Waals surface area contributed by atoms with Crippen molar-refractivity contribution in [2.24, 2.45) is 4.99 Å². The number of rotatable bonds is 4. The number of halogens is 1. The van der Waals surface area contributed by atoms with Crippen molar-refractivity contribution in [1.29, 1.82) is 0 Å². The Kier molecular flexibility index (Phi) is 7.71. The van der Waals surface area contributed by atoms with E-state index >= 15 is 0 Å². The first kappa shape index (κ1) is 21.7. The van der Waals surface area contributed by atoms with Gasteiger partial charge in [-0.25, -0.2) is 4.99 Å². The smallest absolute Gasteiger partial charge is 0.159 e. The van der Waals surface area contributed by atoms with Gasteiger partial charge in [0.1, 0.15) is 0 Å². The summed E-state index contributed by atoms with van der Waals surface area (Å²) in [5, 5.41) is 4.50. The van der Waals surface area contributed by atoms with Crippen LogP contribution in [0.15, 0.2) is 29.5 Å². The standard InChI is InChI=1S/C21H28N4S.ClH/c1-14-15(2)17(4)20(18(5)16(14)3)11-26-21-23-12-25(13-24-21)10-19-7-6-8-22-9-19;/h6-9H,10-13H2,1-5H3,(H,23,24);1H. The molecular formula is C21H29ClN4S. The largest absolute Gasteiger partial charge is 0.352 e. The zero-order valence-corrected chi connectivity index (χ0v) is 18.4.